The summed E-state index contributed by atoms with van der Waals surface area (Å²) in [5, 5.41) is 0. The third kappa shape index (κ3) is 4.32. The van der Waals surface area contributed by atoms with Gasteiger partial charge in [0.1, 0.15) is 0 Å². The van der Waals surface area contributed by atoms with E-state index in [2.05, 4.69) is 13.8 Å². The lowest BCUT2D eigenvalue weighted by atomic mass is 9.89. The summed E-state index contributed by atoms with van der Waals surface area (Å²) >= 11 is 5.61. The van der Waals surface area contributed by atoms with Crippen molar-refractivity contribution in [3.8, 4) is 0 Å². The number of halogens is 1. The first-order chi connectivity index (χ1) is 7.65. The highest BCUT2D eigenvalue weighted by Crippen LogP contribution is 2.24. The Balaban J connectivity index is 2.37. The quantitative estimate of drug-likeness (QED) is 0.696. The molecule has 1 amide bonds. The molecule has 0 radical (unpaired) electrons. The molecule has 1 atom stereocenters. The summed E-state index contributed by atoms with van der Waals surface area (Å²) in [4.78, 5) is 13.9. The topological polar surface area (TPSA) is 20.3 Å². The van der Waals surface area contributed by atoms with Crippen LogP contribution in [0.2, 0.25) is 0 Å². The van der Waals surface area contributed by atoms with E-state index >= 15 is 0 Å². The molecule has 0 aromatic heterocycles. The summed E-state index contributed by atoms with van der Waals surface area (Å²) in [7, 11) is 0. The van der Waals surface area contributed by atoms with Crippen LogP contribution >= 0.6 is 11.6 Å². The van der Waals surface area contributed by atoms with Gasteiger partial charge in [0.2, 0.25) is 5.91 Å². The second-order valence-electron chi connectivity index (χ2n) is 5.11. The summed E-state index contributed by atoms with van der Waals surface area (Å²) in [5.74, 6) is 2.43. The van der Waals surface area contributed by atoms with Gasteiger partial charge in [0, 0.05) is 25.4 Å². The van der Waals surface area contributed by atoms with E-state index in [0.717, 1.165) is 37.8 Å². The van der Waals surface area contributed by atoms with Crippen LogP contribution in [0, 0.1) is 11.8 Å². The molecule has 3 heteroatoms. The van der Waals surface area contributed by atoms with Gasteiger partial charge >= 0.3 is 0 Å². The number of carbonyl (C=O) groups excluding carboxylic acids is 1. The predicted octanol–water partition coefficient (Wildman–Crippen LogP) is 3.29. The van der Waals surface area contributed by atoms with Gasteiger partial charge in [0.15, 0.2) is 0 Å². The highest BCUT2D eigenvalue weighted by atomic mass is 35.5. The van der Waals surface area contributed by atoms with Crippen LogP contribution in [0.3, 0.4) is 0 Å². The van der Waals surface area contributed by atoms with Crippen molar-refractivity contribution in [3.05, 3.63) is 0 Å². The molecule has 1 aliphatic heterocycles. The number of alkyl halides is 1. The number of hydrogen-bond donors (Lipinski definition) is 0. The Hall–Kier alpha value is -0.240. The molecule has 1 saturated heterocycles. The van der Waals surface area contributed by atoms with Gasteiger partial charge in [-0.3, -0.25) is 4.79 Å². The number of carbonyl (C=O) groups is 1. The monoisotopic (exact) mass is 245 g/mol. The van der Waals surface area contributed by atoms with Crippen molar-refractivity contribution in [1.29, 1.82) is 0 Å². The molecule has 1 fully saturated rings. The molecule has 1 aliphatic rings. The second kappa shape index (κ2) is 7.16. The number of hydrogen-bond acceptors (Lipinski definition) is 1. The lowest BCUT2D eigenvalue weighted by molar-refractivity contribution is -0.131. The summed E-state index contributed by atoms with van der Waals surface area (Å²) in [5.41, 5.74) is 0. The number of nitrogens with zero attached hydrogens (tertiary/aromatic N) is 1. The van der Waals surface area contributed by atoms with Crippen LogP contribution in [0.25, 0.3) is 0 Å². The Morgan fingerprint density at radius 3 is 2.75 bits per heavy atom. The summed E-state index contributed by atoms with van der Waals surface area (Å²) in [6.45, 7) is 6.47. The fraction of sp³-hybridized carbons (Fsp3) is 0.923. The minimum atomic E-state index is 0.296. The average Bonchev–Trinajstić information content (AvgIpc) is 2.51. The third-order valence-electron chi connectivity index (χ3n) is 3.59. The van der Waals surface area contributed by atoms with E-state index in [1.807, 2.05) is 4.90 Å². The Morgan fingerprint density at radius 1 is 1.38 bits per heavy atom. The molecule has 0 N–H and O–H groups in total. The molecule has 16 heavy (non-hydrogen) atoms. The molecule has 1 heterocycles. The summed E-state index contributed by atoms with van der Waals surface area (Å²) in [6.07, 6.45) is 5.04. The SMILES string of the molecule is CC(C)C1CCCN(C(=O)CCCCl)CC1. The van der Waals surface area contributed by atoms with Crippen LogP contribution in [0.15, 0.2) is 0 Å². The Labute approximate surface area is 104 Å². The summed E-state index contributed by atoms with van der Waals surface area (Å²) in [6, 6.07) is 0. The van der Waals surface area contributed by atoms with Crippen molar-refractivity contribution in [2.24, 2.45) is 11.8 Å². The summed E-state index contributed by atoms with van der Waals surface area (Å²) < 4.78 is 0. The lowest BCUT2D eigenvalue weighted by Gasteiger charge is -2.21. The molecule has 0 saturated carbocycles. The van der Waals surface area contributed by atoms with Crippen LogP contribution in [0.1, 0.15) is 46.0 Å². The second-order valence-corrected chi connectivity index (χ2v) is 5.49. The lowest BCUT2D eigenvalue weighted by Crippen LogP contribution is -2.32. The molecular formula is C13H24ClNO. The molecule has 0 bridgehead atoms. The highest BCUT2D eigenvalue weighted by molar-refractivity contribution is 6.17. The van der Waals surface area contributed by atoms with Crippen LogP contribution in [0.5, 0.6) is 0 Å². The van der Waals surface area contributed by atoms with Gasteiger partial charge in [0.05, 0.1) is 0 Å². The number of rotatable bonds is 4. The van der Waals surface area contributed by atoms with E-state index in [9.17, 15) is 4.79 Å². The maximum Gasteiger partial charge on any atom is 0.222 e. The molecule has 2 nitrogen and oxygen atoms in total. The highest BCUT2D eigenvalue weighted by Gasteiger charge is 2.21. The first-order valence-electron chi connectivity index (χ1n) is 6.49. The van der Waals surface area contributed by atoms with E-state index in [1.54, 1.807) is 0 Å². The first kappa shape index (κ1) is 13.8. The van der Waals surface area contributed by atoms with E-state index in [0.29, 0.717) is 18.2 Å². The molecule has 0 aromatic rings. The fourth-order valence-electron chi connectivity index (χ4n) is 2.41. The molecule has 0 aliphatic carbocycles. The Morgan fingerprint density at radius 2 is 2.12 bits per heavy atom. The van der Waals surface area contributed by atoms with Crippen molar-refractivity contribution < 1.29 is 4.79 Å². The Kier molecular flexibility index (Phi) is 6.18. The predicted molar refractivity (Wildman–Crippen MR) is 68.7 cm³/mol. The van der Waals surface area contributed by atoms with Gasteiger partial charge < -0.3 is 4.90 Å². The van der Waals surface area contributed by atoms with Crippen molar-refractivity contribution in [2.45, 2.75) is 46.0 Å². The molecule has 94 valence electrons. The van der Waals surface area contributed by atoms with E-state index in [-0.39, 0.29) is 0 Å². The van der Waals surface area contributed by atoms with Crippen molar-refractivity contribution >= 4 is 17.5 Å². The molecule has 0 aromatic carbocycles. The zero-order valence-electron chi connectivity index (χ0n) is 10.5. The first-order valence-corrected chi connectivity index (χ1v) is 7.02. The van der Waals surface area contributed by atoms with Gasteiger partial charge in [-0.25, -0.2) is 0 Å². The fourth-order valence-corrected chi connectivity index (χ4v) is 2.55. The largest absolute Gasteiger partial charge is 0.343 e. The molecule has 0 spiro atoms. The van der Waals surface area contributed by atoms with Gasteiger partial charge in [-0.05, 0) is 37.5 Å². The van der Waals surface area contributed by atoms with Crippen LogP contribution in [-0.2, 0) is 4.79 Å². The normalized spacial score (nSPS) is 22.2. The smallest absolute Gasteiger partial charge is 0.222 e. The number of likely N-dealkylation sites (tertiary alicyclic amines) is 1. The van der Waals surface area contributed by atoms with Gasteiger partial charge in [0.25, 0.3) is 0 Å². The van der Waals surface area contributed by atoms with Crippen molar-refractivity contribution in [2.75, 3.05) is 19.0 Å². The maximum atomic E-state index is 11.9. The van der Waals surface area contributed by atoms with Gasteiger partial charge in [-0.15, -0.1) is 11.6 Å². The van der Waals surface area contributed by atoms with Gasteiger partial charge in [-0.1, -0.05) is 13.8 Å². The minimum Gasteiger partial charge on any atom is -0.343 e. The average molecular weight is 246 g/mol. The standard InChI is InChI=1S/C13H24ClNO/c1-11(2)12-5-4-9-15(10-7-12)13(16)6-3-8-14/h11-12H,3-10H2,1-2H3. The Bertz CT molecular complexity index is 218. The van der Waals surface area contributed by atoms with E-state index in [1.165, 1.54) is 12.8 Å². The van der Waals surface area contributed by atoms with Crippen LogP contribution < -0.4 is 0 Å². The van der Waals surface area contributed by atoms with Crippen LogP contribution in [-0.4, -0.2) is 29.8 Å². The number of amides is 1. The van der Waals surface area contributed by atoms with E-state index < -0.39 is 0 Å². The third-order valence-corrected chi connectivity index (χ3v) is 3.86. The van der Waals surface area contributed by atoms with E-state index in [4.69, 9.17) is 11.6 Å². The van der Waals surface area contributed by atoms with Crippen molar-refractivity contribution in [3.63, 3.8) is 0 Å². The molecule has 1 rings (SSSR count). The zero-order valence-corrected chi connectivity index (χ0v) is 11.3. The van der Waals surface area contributed by atoms with Crippen LogP contribution in [0.4, 0.5) is 0 Å². The molecule has 1 unspecified atom stereocenters. The maximum absolute atomic E-state index is 11.9. The van der Waals surface area contributed by atoms with Gasteiger partial charge in [-0.2, -0.15) is 0 Å². The zero-order chi connectivity index (χ0) is 12.0. The minimum absolute atomic E-state index is 0.296. The van der Waals surface area contributed by atoms with Crippen molar-refractivity contribution in [1.82, 2.24) is 4.90 Å². The molecular weight excluding hydrogens is 222 g/mol.